The first-order valence-corrected chi connectivity index (χ1v) is 5.18. The molecule has 1 aliphatic carbocycles. The number of aliphatic hydroxyl groups is 2. The van der Waals surface area contributed by atoms with Gasteiger partial charge in [-0.25, -0.2) is 0 Å². The standard InChI is InChI=1S/C10H20O3/c1-8(11)10(12)13-7-9-5-3-2-4-6-9/h8-12H,2-7H2,1H3/t8-,10?/m0/s1. The number of rotatable bonds is 4. The topological polar surface area (TPSA) is 49.7 Å². The summed E-state index contributed by atoms with van der Waals surface area (Å²) in [6.45, 7) is 2.12. The Labute approximate surface area is 79.7 Å². The van der Waals surface area contributed by atoms with Crippen LogP contribution in [0.25, 0.3) is 0 Å². The van der Waals surface area contributed by atoms with E-state index in [0.717, 1.165) is 0 Å². The quantitative estimate of drug-likeness (QED) is 0.653. The molecule has 1 aliphatic rings. The van der Waals surface area contributed by atoms with Crippen LogP contribution in [0.5, 0.6) is 0 Å². The summed E-state index contributed by atoms with van der Waals surface area (Å²) >= 11 is 0. The monoisotopic (exact) mass is 188 g/mol. The second-order valence-electron chi connectivity index (χ2n) is 3.97. The molecule has 0 spiro atoms. The third-order valence-electron chi connectivity index (χ3n) is 2.64. The molecule has 78 valence electrons. The van der Waals surface area contributed by atoms with E-state index >= 15 is 0 Å². The predicted molar refractivity (Wildman–Crippen MR) is 50.2 cm³/mol. The Bertz CT molecular complexity index is 130. The lowest BCUT2D eigenvalue weighted by molar-refractivity contribution is -0.164. The third kappa shape index (κ3) is 4.07. The fourth-order valence-electron chi connectivity index (χ4n) is 1.73. The molecule has 1 rings (SSSR count). The molecule has 0 radical (unpaired) electrons. The van der Waals surface area contributed by atoms with Crippen molar-refractivity contribution < 1.29 is 14.9 Å². The summed E-state index contributed by atoms with van der Waals surface area (Å²) in [5.74, 6) is 0.585. The summed E-state index contributed by atoms with van der Waals surface area (Å²) in [5.41, 5.74) is 0. The van der Waals surface area contributed by atoms with Crippen molar-refractivity contribution in [2.45, 2.75) is 51.4 Å². The van der Waals surface area contributed by atoms with E-state index in [9.17, 15) is 5.11 Å². The SMILES string of the molecule is C[C@H](O)C(O)OCC1CCCCC1. The van der Waals surface area contributed by atoms with Crippen LogP contribution in [0.3, 0.4) is 0 Å². The van der Waals surface area contributed by atoms with Crippen molar-refractivity contribution >= 4 is 0 Å². The molecule has 3 heteroatoms. The maximum Gasteiger partial charge on any atom is 0.180 e. The zero-order chi connectivity index (χ0) is 9.68. The Morgan fingerprint density at radius 2 is 1.85 bits per heavy atom. The van der Waals surface area contributed by atoms with Gasteiger partial charge in [-0.05, 0) is 25.7 Å². The van der Waals surface area contributed by atoms with Gasteiger partial charge in [0.25, 0.3) is 0 Å². The van der Waals surface area contributed by atoms with Crippen LogP contribution in [-0.2, 0) is 4.74 Å². The van der Waals surface area contributed by atoms with Gasteiger partial charge in [-0.2, -0.15) is 0 Å². The van der Waals surface area contributed by atoms with E-state index in [1.807, 2.05) is 0 Å². The van der Waals surface area contributed by atoms with E-state index in [0.29, 0.717) is 12.5 Å². The molecule has 0 heterocycles. The lowest BCUT2D eigenvalue weighted by Crippen LogP contribution is -2.28. The van der Waals surface area contributed by atoms with Gasteiger partial charge in [-0.1, -0.05) is 19.3 Å². The van der Waals surface area contributed by atoms with Crippen molar-refractivity contribution in [1.29, 1.82) is 0 Å². The minimum atomic E-state index is -1.01. The summed E-state index contributed by atoms with van der Waals surface area (Å²) < 4.78 is 5.15. The van der Waals surface area contributed by atoms with Crippen LogP contribution in [0.15, 0.2) is 0 Å². The molecule has 1 fully saturated rings. The van der Waals surface area contributed by atoms with Gasteiger partial charge >= 0.3 is 0 Å². The van der Waals surface area contributed by atoms with Gasteiger partial charge in [0.15, 0.2) is 6.29 Å². The average molecular weight is 188 g/mol. The molecule has 0 amide bonds. The molecule has 0 aliphatic heterocycles. The van der Waals surface area contributed by atoms with Crippen molar-refractivity contribution in [2.75, 3.05) is 6.61 Å². The Kier molecular flexibility index (Phi) is 4.70. The first kappa shape index (κ1) is 11.0. The molecule has 0 aromatic heterocycles. The second kappa shape index (κ2) is 5.58. The van der Waals surface area contributed by atoms with Crippen LogP contribution in [0.4, 0.5) is 0 Å². The average Bonchev–Trinajstić information content (AvgIpc) is 2.15. The predicted octanol–water partition coefficient (Wildman–Crippen LogP) is 1.28. The molecule has 1 saturated carbocycles. The first-order chi connectivity index (χ1) is 6.20. The highest BCUT2D eigenvalue weighted by Crippen LogP contribution is 2.23. The van der Waals surface area contributed by atoms with Crippen molar-refractivity contribution in [3.05, 3.63) is 0 Å². The molecule has 0 bridgehead atoms. The molecular formula is C10H20O3. The summed E-state index contributed by atoms with van der Waals surface area (Å²) in [5, 5.41) is 18.2. The molecule has 0 aromatic rings. The van der Waals surface area contributed by atoms with E-state index in [2.05, 4.69) is 0 Å². The second-order valence-corrected chi connectivity index (χ2v) is 3.97. The smallest absolute Gasteiger partial charge is 0.180 e. The Hall–Kier alpha value is -0.120. The summed E-state index contributed by atoms with van der Waals surface area (Å²) in [6, 6.07) is 0. The molecule has 3 nitrogen and oxygen atoms in total. The van der Waals surface area contributed by atoms with Gasteiger partial charge in [0, 0.05) is 0 Å². The van der Waals surface area contributed by atoms with Crippen LogP contribution in [0.2, 0.25) is 0 Å². The lowest BCUT2D eigenvalue weighted by Gasteiger charge is -2.23. The molecular weight excluding hydrogens is 168 g/mol. The lowest BCUT2D eigenvalue weighted by atomic mass is 9.90. The summed E-state index contributed by atoms with van der Waals surface area (Å²) in [7, 11) is 0. The number of ether oxygens (including phenoxy) is 1. The first-order valence-electron chi connectivity index (χ1n) is 5.18. The van der Waals surface area contributed by atoms with Gasteiger partial charge in [0.2, 0.25) is 0 Å². The largest absolute Gasteiger partial charge is 0.388 e. The van der Waals surface area contributed by atoms with Crippen molar-refractivity contribution in [3.8, 4) is 0 Å². The van der Waals surface area contributed by atoms with E-state index in [-0.39, 0.29) is 0 Å². The maximum atomic E-state index is 9.18. The van der Waals surface area contributed by atoms with Gasteiger partial charge in [-0.3, -0.25) is 0 Å². The van der Waals surface area contributed by atoms with Crippen molar-refractivity contribution in [1.82, 2.24) is 0 Å². The van der Waals surface area contributed by atoms with E-state index in [1.54, 1.807) is 0 Å². The van der Waals surface area contributed by atoms with Crippen molar-refractivity contribution in [2.24, 2.45) is 5.92 Å². The Morgan fingerprint density at radius 1 is 1.23 bits per heavy atom. The number of hydrogen-bond acceptors (Lipinski definition) is 3. The zero-order valence-corrected chi connectivity index (χ0v) is 8.28. The molecule has 2 N–H and O–H groups in total. The van der Waals surface area contributed by atoms with Crippen LogP contribution in [0.1, 0.15) is 39.0 Å². The van der Waals surface area contributed by atoms with Crippen LogP contribution in [0, 0.1) is 5.92 Å². The number of aliphatic hydroxyl groups excluding tert-OH is 2. The fraction of sp³-hybridized carbons (Fsp3) is 1.00. The highest BCUT2D eigenvalue weighted by atomic mass is 16.6. The summed E-state index contributed by atoms with van der Waals surface area (Å²) in [6.07, 6.45) is 4.48. The fourth-order valence-corrected chi connectivity index (χ4v) is 1.73. The molecule has 0 saturated heterocycles. The molecule has 0 aromatic carbocycles. The van der Waals surface area contributed by atoms with E-state index in [1.165, 1.54) is 39.0 Å². The Balaban J connectivity index is 2.10. The van der Waals surface area contributed by atoms with Crippen LogP contribution in [-0.4, -0.2) is 29.2 Å². The normalized spacial score (nSPS) is 24.2. The maximum absolute atomic E-state index is 9.18. The van der Waals surface area contributed by atoms with Gasteiger partial charge in [0.05, 0.1) is 6.61 Å². The van der Waals surface area contributed by atoms with Gasteiger partial charge < -0.3 is 14.9 Å². The van der Waals surface area contributed by atoms with Gasteiger partial charge in [-0.15, -0.1) is 0 Å². The minimum Gasteiger partial charge on any atom is -0.388 e. The highest BCUT2D eigenvalue weighted by Gasteiger charge is 2.17. The van der Waals surface area contributed by atoms with Crippen LogP contribution >= 0.6 is 0 Å². The molecule has 2 atom stereocenters. The van der Waals surface area contributed by atoms with E-state index < -0.39 is 12.4 Å². The zero-order valence-electron chi connectivity index (χ0n) is 8.28. The highest BCUT2D eigenvalue weighted by molar-refractivity contribution is 4.65. The molecule has 13 heavy (non-hydrogen) atoms. The van der Waals surface area contributed by atoms with Crippen LogP contribution < -0.4 is 0 Å². The number of hydrogen-bond donors (Lipinski definition) is 2. The third-order valence-corrected chi connectivity index (χ3v) is 2.64. The van der Waals surface area contributed by atoms with Crippen molar-refractivity contribution in [3.63, 3.8) is 0 Å². The summed E-state index contributed by atoms with van der Waals surface area (Å²) in [4.78, 5) is 0. The van der Waals surface area contributed by atoms with E-state index in [4.69, 9.17) is 9.84 Å². The minimum absolute atomic E-state index is 0.585. The Morgan fingerprint density at radius 3 is 2.38 bits per heavy atom. The van der Waals surface area contributed by atoms with Gasteiger partial charge in [0.1, 0.15) is 6.10 Å². The molecule has 1 unspecified atom stereocenters.